The second-order valence-electron chi connectivity index (χ2n) is 5.68. The molecule has 0 aromatic heterocycles. The van der Waals surface area contributed by atoms with Crippen molar-refractivity contribution < 1.29 is 14.3 Å². The van der Waals surface area contributed by atoms with E-state index in [1.807, 2.05) is 32.9 Å². The van der Waals surface area contributed by atoms with Gasteiger partial charge < -0.3 is 15.0 Å². The van der Waals surface area contributed by atoms with Crippen molar-refractivity contribution in [3.63, 3.8) is 0 Å². The Bertz CT molecular complexity index is 540. The molecule has 5 nitrogen and oxygen atoms in total. The highest BCUT2D eigenvalue weighted by Crippen LogP contribution is 2.21. The molecule has 0 radical (unpaired) electrons. The summed E-state index contributed by atoms with van der Waals surface area (Å²) in [4.78, 5) is 25.7. The van der Waals surface area contributed by atoms with Crippen LogP contribution >= 0.6 is 0 Å². The number of rotatable bonds is 4. The van der Waals surface area contributed by atoms with Gasteiger partial charge in [-0.15, -0.1) is 0 Å². The standard InChI is InChI=1S/C16H22N2O3/c1-10-5-11(2)15(12(3)6-10)16(20)18-7-13(8-18)17-14(19)9-21-4/h5-6,13H,7-9H2,1-4H3,(H,17,19). The first-order chi connectivity index (χ1) is 9.92. The lowest BCUT2D eigenvalue weighted by molar-refractivity contribution is -0.126. The first-order valence-electron chi connectivity index (χ1n) is 7.07. The molecule has 1 aliphatic rings. The molecular formula is C16H22N2O3. The molecule has 21 heavy (non-hydrogen) atoms. The van der Waals surface area contributed by atoms with Gasteiger partial charge in [0, 0.05) is 25.8 Å². The Labute approximate surface area is 125 Å². The molecular weight excluding hydrogens is 268 g/mol. The number of carbonyl (C=O) groups excluding carboxylic acids is 2. The number of benzene rings is 1. The minimum atomic E-state index is -0.141. The lowest BCUT2D eigenvalue weighted by Gasteiger charge is -2.40. The molecule has 0 aliphatic carbocycles. The fourth-order valence-corrected chi connectivity index (χ4v) is 2.81. The topological polar surface area (TPSA) is 58.6 Å². The zero-order valence-electron chi connectivity index (χ0n) is 13.0. The smallest absolute Gasteiger partial charge is 0.254 e. The zero-order chi connectivity index (χ0) is 15.6. The van der Waals surface area contributed by atoms with Gasteiger partial charge in [-0.2, -0.15) is 0 Å². The van der Waals surface area contributed by atoms with Crippen LogP contribution in [0.5, 0.6) is 0 Å². The van der Waals surface area contributed by atoms with Crippen molar-refractivity contribution in [3.8, 4) is 0 Å². The van der Waals surface area contributed by atoms with E-state index in [2.05, 4.69) is 5.32 Å². The molecule has 1 N–H and O–H groups in total. The molecule has 1 heterocycles. The summed E-state index contributed by atoms with van der Waals surface area (Å²) in [5.41, 5.74) is 3.95. The van der Waals surface area contributed by atoms with E-state index in [9.17, 15) is 9.59 Å². The van der Waals surface area contributed by atoms with Gasteiger partial charge in [0.1, 0.15) is 6.61 Å². The number of amides is 2. The first-order valence-corrected chi connectivity index (χ1v) is 7.07. The molecule has 1 saturated heterocycles. The monoisotopic (exact) mass is 290 g/mol. The van der Waals surface area contributed by atoms with E-state index in [-0.39, 0.29) is 24.5 Å². The summed E-state index contributed by atoms with van der Waals surface area (Å²) in [5.74, 6) is -0.0977. The van der Waals surface area contributed by atoms with Crippen LogP contribution in [0.15, 0.2) is 12.1 Å². The molecule has 0 saturated carbocycles. The third-order valence-electron chi connectivity index (χ3n) is 3.70. The number of likely N-dealkylation sites (tertiary alicyclic amines) is 1. The van der Waals surface area contributed by atoms with Crippen molar-refractivity contribution in [2.45, 2.75) is 26.8 Å². The molecule has 1 aromatic rings. The molecule has 114 valence electrons. The van der Waals surface area contributed by atoms with E-state index in [1.165, 1.54) is 7.11 Å². The van der Waals surface area contributed by atoms with Crippen LogP contribution in [-0.4, -0.2) is 49.6 Å². The Morgan fingerprint density at radius 2 is 1.81 bits per heavy atom. The molecule has 5 heteroatoms. The van der Waals surface area contributed by atoms with Crippen molar-refractivity contribution in [1.82, 2.24) is 10.2 Å². The molecule has 2 rings (SSSR count). The summed E-state index contributed by atoms with van der Waals surface area (Å²) in [6.07, 6.45) is 0. The minimum Gasteiger partial charge on any atom is -0.375 e. The summed E-state index contributed by atoms with van der Waals surface area (Å²) in [6.45, 7) is 7.12. The number of aryl methyl sites for hydroxylation is 3. The van der Waals surface area contributed by atoms with E-state index < -0.39 is 0 Å². The van der Waals surface area contributed by atoms with Gasteiger partial charge in [0.2, 0.25) is 5.91 Å². The second kappa shape index (κ2) is 6.26. The number of hydrogen-bond donors (Lipinski definition) is 1. The number of hydrogen-bond acceptors (Lipinski definition) is 3. The van der Waals surface area contributed by atoms with Gasteiger partial charge in [-0.1, -0.05) is 17.7 Å². The molecule has 0 bridgehead atoms. The van der Waals surface area contributed by atoms with Gasteiger partial charge in [0.25, 0.3) is 5.91 Å². The minimum absolute atomic E-state index is 0.0302. The van der Waals surface area contributed by atoms with E-state index in [1.54, 1.807) is 4.90 Å². The van der Waals surface area contributed by atoms with Gasteiger partial charge in [0.05, 0.1) is 6.04 Å². The summed E-state index contributed by atoms with van der Waals surface area (Å²) >= 11 is 0. The third-order valence-corrected chi connectivity index (χ3v) is 3.70. The van der Waals surface area contributed by atoms with Crippen LogP contribution in [0.4, 0.5) is 0 Å². The highest BCUT2D eigenvalue weighted by atomic mass is 16.5. The summed E-state index contributed by atoms with van der Waals surface area (Å²) < 4.78 is 4.77. The number of carbonyl (C=O) groups is 2. The van der Waals surface area contributed by atoms with Crippen LogP contribution in [0, 0.1) is 20.8 Å². The summed E-state index contributed by atoms with van der Waals surface area (Å²) in [7, 11) is 1.49. The Kier molecular flexibility index (Phi) is 4.63. The van der Waals surface area contributed by atoms with Crippen LogP contribution in [0.1, 0.15) is 27.0 Å². The molecule has 1 aliphatic heterocycles. The summed E-state index contributed by atoms with van der Waals surface area (Å²) in [6, 6.07) is 4.08. The van der Waals surface area contributed by atoms with Crippen molar-refractivity contribution in [2.24, 2.45) is 0 Å². The third kappa shape index (κ3) is 3.42. The van der Waals surface area contributed by atoms with E-state index in [0.717, 1.165) is 22.3 Å². The molecule has 0 spiro atoms. The summed E-state index contributed by atoms with van der Waals surface area (Å²) in [5, 5.41) is 2.83. The second-order valence-corrected chi connectivity index (χ2v) is 5.68. The van der Waals surface area contributed by atoms with Gasteiger partial charge in [0.15, 0.2) is 0 Å². The largest absolute Gasteiger partial charge is 0.375 e. The maximum Gasteiger partial charge on any atom is 0.254 e. The van der Waals surface area contributed by atoms with Gasteiger partial charge >= 0.3 is 0 Å². The fourth-order valence-electron chi connectivity index (χ4n) is 2.81. The van der Waals surface area contributed by atoms with Crippen molar-refractivity contribution in [3.05, 3.63) is 34.4 Å². The van der Waals surface area contributed by atoms with Crippen LogP contribution in [0.3, 0.4) is 0 Å². The highest BCUT2D eigenvalue weighted by Gasteiger charge is 2.33. The van der Waals surface area contributed by atoms with Crippen LogP contribution in [-0.2, 0) is 9.53 Å². The quantitative estimate of drug-likeness (QED) is 0.906. The van der Waals surface area contributed by atoms with Gasteiger partial charge in [-0.3, -0.25) is 9.59 Å². The van der Waals surface area contributed by atoms with E-state index in [4.69, 9.17) is 4.74 Å². The Morgan fingerprint density at radius 1 is 1.24 bits per heavy atom. The van der Waals surface area contributed by atoms with Crippen molar-refractivity contribution in [2.75, 3.05) is 26.8 Å². The predicted octanol–water partition coefficient (Wildman–Crippen LogP) is 1.20. The number of nitrogens with one attached hydrogen (secondary N) is 1. The lowest BCUT2D eigenvalue weighted by atomic mass is 9.97. The Morgan fingerprint density at radius 3 is 2.33 bits per heavy atom. The van der Waals surface area contributed by atoms with Gasteiger partial charge in [-0.25, -0.2) is 0 Å². The van der Waals surface area contributed by atoms with Crippen molar-refractivity contribution >= 4 is 11.8 Å². The van der Waals surface area contributed by atoms with Gasteiger partial charge in [-0.05, 0) is 31.9 Å². The molecule has 1 fully saturated rings. The highest BCUT2D eigenvalue weighted by molar-refractivity contribution is 5.97. The Hall–Kier alpha value is -1.88. The number of methoxy groups -OCH3 is 1. The van der Waals surface area contributed by atoms with Crippen LogP contribution < -0.4 is 5.32 Å². The maximum absolute atomic E-state index is 12.5. The van der Waals surface area contributed by atoms with E-state index >= 15 is 0 Å². The average Bonchev–Trinajstić information content (AvgIpc) is 2.32. The normalized spacial score (nSPS) is 14.8. The molecule has 2 amide bonds. The fraction of sp³-hybridized carbons (Fsp3) is 0.500. The average molecular weight is 290 g/mol. The maximum atomic E-state index is 12.5. The molecule has 1 aromatic carbocycles. The lowest BCUT2D eigenvalue weighted by Crippen LogP contribution is -2.61. The molecule has 0 atom stereocenters. The van der Waals surface area contributed by atoms with Crippen LogP contribution in [0.2, 0.25) is 0 Å². The predicted molar refractivity (Wildman–Crippen MR) is 80.4 cm³/mol. The van der Waals surface area contributed by atoms with Crippen molar-refractivity contribution in [1.29, 1.82) is 0 Å². The van der Waals surface area contributed by atoms with E-state index in [0.29, 0.717) is 13.1 Å². The number of ether oxygens (including phenoxy) is 1. The zero-order valence-corrected chi connectivity index (χ0v) is 13.0. The molecule has 0 unspecified atom stereocenters. The first kappa shape index (κ1) is 15.5. The SMILES string of the molecule is COCC(=O)NC1CN(C(=O)c2c(C)cc(C)cc2C)C1. The number of nitrogens with zero attached hydrogens (tertiary/aromatic N) is 1. The Balaban J connectivity index is 1.97. The van der Waals surface area contributed by atoms with Crippen LogP contribution in [0.25, 0.3) is 0 Å².